The molecule has 1 saturated heterocycles. The summed E-state index contributed by atoms with van der Waals surface area (Å²) in [4.78, 5) is 37.8. The van der Waals surface area contributed by atoms with Crippen molar-refractivity contribution in [2.75, 3.05) is 13.7 Å². The summed E-state index contributed by atoms with van der Waals surface area (Å²) in [5.41, 5.74) is 0.488. The second-order valence-electron chi connectivity index (χ2n) is 6.36. The molecule has 0 bridgehead atoms. The van der Waals surface area contributed by atoms with Crippen LogP contribution in [-0.2, 0) is 28.6 Å². The highest BCUT2D eigenvalue weighted by Gasteiger charge is 2.42. The number of esters is 2. The Morgan fingerprint density at radius 1 is 1.33 bits per heavy atom. The van der Waals surface area contributed by atoms with E-state index in [2.05, 4.69) is 0 Å². The van der Waals surface area contributed by atoms with Crippen LogP contribution in [0.5, 0.6) is 0 Å². The van der Waals surface area contributed by atoms with Crippen molar-refractivity contribution < 1.29 is 28.6 Å². The molecular formula is C19H20ClNO6. The lowest BCUT2D eigenvalue weighted by atomic mass is 10.0. The van der Waals surface area contributed by atoms with Crippen molar-refractivity contribution in [3.8, 4) is 0 Å². The number of carbonyl (C=O) groups is 3. The van der Waals surface area contributed by atoms with Gasteiger partial charge in [0, 0.05) is 24.1 Å². The summed E-state index contributed by atoms with van der Waals surface area (Å²) in [5.74, 6) is -1.09. The van der Waals surface area contributed by atoms with Gasteiger partial charge in [0.15, 0.2) is 12.2 Å². The molecule has 1 fully saturated rings. The minimum atomic E-state index is -0.988. The van der Waals surface area contributed by atoms with E-state index in [0.29, 0.717) is 23.6 Å². The molecule has 2 aliphatic rings. The van der Waals surface area contributed by atoms with Gasteiger partial charge in [0.1, 0.15) is 11.8 Å². The zero-order valence-electron chi connectivity index (χ0n) is 15.0. The average Bonchev–Trinajstić information content (AvgIpc) is 3.26. The molecule has 2 heterocycles. The molecule has 0 aromatic heterocycles. The molecule has 2 aliphatic heterocycles. The van der Waals surface area contributed by atoms with E-state index in [0.717, 1.165) is 6.42 Å². The summed E-state index contributed by atoms with van der Waals surface area (Å²) in [5, 5.41) is 0.364. The van der Waals surface area contributed by atoms with Crippen molar-refractivity contribution in [3.63, 3.8) is 0 Å². The lowest BCUT2D eigenvalue weighted by Gasteiger charge is -2.28. The van der Waals surface area contributed by atoms with Crippen LogP contribution in [0, 0.1) is 0 Å². The van der Waals surface area contributed by atoms with Crippen molar-refractivity contribution in [1.29, 1.82) is 0 Å². The molecule has 1 aromatic carbocycles. The van der Waals surface area contributed by atoms with E-state index in [4.69, 9.17) is 25.8 Å². The maximum absolute atomic E-state index is 12.8. The van der Waals surface area contributed by atoms with Gasteiger partial charge in [0.2, 0.25) is 5.91 Å². The van der Waals surface area contributed by atoms with Crippen LogP contribution >= 0.6 is 11.6 Å². The maximum atomic E-state index is 12.8. The number of amides is 1. The number of rotatable bonds is 5. The molecule has 0 spiro atoms. The monoisotopic (exact) mass is 393 g/mol. The van der Waals surface area contributed by atoms with Crippen LogP contribution in [0.15, 0.2) is 36.1 Å². The van der Waals surface area contributed by atoms with Crippen molar-refractivity contribution in [2.24, 2.45) is 0 Å². The molecule has 0 saturated carbocycles. The second-order valence-corrected chi connectivity index (χ2v) is 6.76. The topological polar surface area (TPSA) is 82.1 Å². The van der Waals surface area contributed by atoms with Gasteiger partial charge in [0.25, 0.3) is 0 Å². The molecule has 7 nitrogen and oxygen atoms in total. The molecule has 0 aliphatic carbocycles. The normalized spacial score (nSPS) is 22.9. The molecule has 144 valence electrons. The number of ether oxygens (including phenoxy) is 3. The van der Waals surface area contributed by atoms with Gasteiger partial charge in [-0.3, -0.25) is 4.79 Å². The van der Waals surface area contributed by atoms with E-state index < -0.39 is 30.2 Å². The minimum absolute atomic E-state index is 0.187. The molecule has 1 amide bonds. The standard InChI is InChI=1S/C19H20ClNO6/c1-11(22)21-9-5-8-14(21)19(24)27-17(12-6-3-4-7-13(12)20)18-15(25-2)10-16(23)26-18/h3-4,6-7,10,14,17-18H,5,8-9H2,1-2H3/t14-,17?,18?/m0/s1. The number of hydrogen-bond donors (Lipinski definition) is 0. The van der Waals surface area contributed by atoms with Crippen LogP contribution < -0.4 is 0 Å². The quantitative estimate of drug-likeness (QED) is 0.714. The number of benzene rings is 1. The Labute approximate surface area is 161 Å². The van der Waals surface area contributed by atoms with Gasteiger partial charge in [-0.1, -0.05) is 29.8 Å². The van der Waals surface area contributed by atoms with Crippen LogP contribution in [0.1, 0.15) is 31.4 Å². The molecular weight excluding hydrogens is 374 g/mol. The molecule has 3 rings (SSSR count). The van der Waals surface area contributed by atoms with Crippen LogP contribution in [0.4, 0.5) is 0 Å². The fourth-order valence-electron chi connectivity index (χ4n) is 3.39. The third kappa shape index (κ3) is 3.93. The Balaban J connectivity index is 1.90. The third-order valence-corrected chi connectivity index (χ3v) is 5.02. The second kappa shape index (κ2) is 8.00. The largest absolute Gasteiger partial charge is 0.497 e. The van der Waals surface area contributed by atoms with E-state index >= 15 is 0 Å². The van der Waals surface area contributed by atoms with Gasteiger partial charge in [-0.15, -0.1) is 0 Å². The number of hydrogen-bond acceptors (Lipinski definition) is 6. The minimum Gasteiger partial charge on any atom is -0.497 e. The fraction of sp³-hybridized carbons (Fsp3) is 0.421. The molecule has 3 atom stereocenters. The number of methoxy groups -OCH3 is 1. The van der Waals surface area contributed by atoms with Crippen LogP contribution in [0.2, 0.25) is 5.02 Å². The first-order valence-electron chi connectivity index (χ1n) is 8.60. The summed E-state index contributed by atoms with van der Waals surface area (Å²) < 4.78 is 16.3. The lowest BCUT2D eigenvalue weighted by Crippen LogP contribution is -2.41. The molecule has 27 heavy (non-hydrogen) atoms. The highest BCUT2D eigenvalue weighted by Crippen LogP contribution is 2.36. The fourth-order valence-corrected chi connectivity index (χ4v) is 3.63. The highest BCUT2D eigenvalue weighted by atomic mass is 35.5. The first kappa shape index (κ1) is 19.2. The van der Waals surface area contributed by atoms with E-state index in [1.807, 2.05) is 0 Å². The van der Waals surface area contributed by atoms with Gasteiger partial charge in [0.05, 0.1) is 13.2 Å². The third-order valence-electron chi connectivity index (χ3n) is 4.68. The van der Waals surface area contributed by atoms with Crippen molar-refractivity contribution in [3.05, 3.63) is 46.7 Å². The zero-order valence-corrected chi connectivity index (χ0v) is 15.8. The maximum Gasteiger partial charge on any atom is 0.335 e. The molecule has 1 aromatic rings. The van der Waals surface area contributed by atoms with Crippen LogP contribution in [0.25, 0.3) is 0 Å². The van der Waals surface area contributed by atoms with Crippen LogP contribution in [0.3, 0.4) is 0 Å². The predicted octanol–water partition coefficient (Wildman–Crippen LogP) is 2.39. The van der Waals surface area contributed by atoms with Gasteiger partial charge < -0.3 is 19.1 Å². The van der Waals surface area contributed by atoms with Crippen molar-refractivity contribution in [1.82, 2.24) is 4.90 Å². The Morgan fingerprint density at radius 3 is 2.74 bits per heavy atom. The molecule has 0 radical (unpaired) electrons. The van der Waals surface area contributed by atoms with E-state index in [-0.39, 0.29) is 11.7 Å². The lowest BCUT2D eigenvalue weighted by molar-refractivity contribution is -0.168. The predicted molar refractivity (Wildman–Crippen MR) is 95.7 cm³/mol. The molecule has 8 heteroatoms. The van der Waals surface area contributed by atoms with Gasteiger partial charge in [-0.05, 0) is 18.9 Å². The smallest absolute Gasteiger partial charge is 0.335 e. The van der Waals surface area contributed by atoms with E-state index in [9.17, 15) is 14.4 Å². The number of halogens is 1. The van der Waals surface area contributed by atoms with Gasteiger partial charge in [-0.2, -0.15) is 0 Å². The van der Waals surface area contributed by atoms with E-state index in [1.165, 1.54) is 25.0 Å². The molecule has 2 unspecified atom stereocenters. The number of cyclic esters (lactones) is 1. The van der Waals surface area contributed by atoms with Crippen molar-refractivity contribution in [2.45, 2.75) is 38.0 Å². The first-order chi connectivity index (χ1) is 12.9. The summed E-state index contributed by atoms with van der Waals surface area (Å²) >= 11 is 6.29. The summed E-state index contributed by atoms with van der Waals surface area (Å²) in [6, 6.07) is 6.16. The Morgan fingerprint density at radius 2 is 2.07 bits per heavy atom. The summed E-state index contributed by atoms with van der Waals surface area (Å²) in [6.45, 7) is 1.93. The average molecular weight is 394 g/mol. The number of likely N-dealkylation sites (tertiary alicyclic amines) is 1. The Kier molecular flexibility index (Phi) is 5.70. The van der Waals surface area contributed by atoms with E-state index in [1.54, 1.807) is 24.3 Å². The molecule has 0 N–H and O–H groups in total. The van der Waals surface area contributed by atoms with Gasteiger partial charge >= 0.3 is 11.9 Å². The Hall–Kier alpha value is -2.54. The SMILES string of the molecule is COC1=CC(=O)OC1C(OC(=O)[C@@H]1CCCN1C(C)=O)c1ccccc1Cl. The number of nitrogens with zero attached hydrogens (tertiary/aromatic N) is 1. The van der Waals surface area contributed by atoms with Crippen molar-refractivity contribution >= 4 is 29.4 Å². The van der Waals surface area contributed by atoms with Gasteiger partial charge in [-0.25, -0.2) is 9.59 Å². The highest BCUT2D eigenvalue weighted by molar-refractivity contribution is 6.31. The number of carbonyl (C=O) groups excluding carboxylic acids is 3. The summed E-state index contributed by atoms with van der Waals surface area (Å²) in [6.07, 6.45) is 0.514. The first-order valence-corrected chi connectivity index (χ1v) is 8.98. The summed E-state index contributed by atoms with van der Waals surface area (Å²) in [7, 11) is 1.40. The Bertz CT molecular complexity index is 792. The zero-order chi connectivity index (χ0) is 19.6. The van der Waals surface area contributed by atoms with Crippen LogP contribution in [-0.4, -0.2) is 48.5 Å².